The fourth-order valence-electron chi connectivity index (χ4n) is 3.97. The Hall–Kier alpha value is -1.52. The molecule has 2 rings (SSSR count). The predicted molar refractivity (Wildman–Crippen MR) is 124 cm³/mol. The number of aliphatic hydroxyl groups is 5. The molecule has 1 heterocycles. The number of hydrogen-bond donors (Lipinski definition) is 5. The van der Waals surface area contributed by atoms with Crippen LogP contribution in [0.1, 0.15) is 51.0 Å². The Morgan fingerprint density at radius 3 is 2.36 bits per heavy atom. The van der Waals surface area contributed by atoms with Crippen LogP contribution in [0.25, 0.3) is 0 Å². The van der Waals surface area contributed by atoms with E-state index in [-0.39, 0.29) is 25.7 Å². The fourth-order valence-corrected chi connectivity index (χ4v) is 3.97. The minimum atomic E-state index is -1.40. The first-order chi connectivity index (χ1) is 15.9. The highest BCUT2D eigenvalue weighted by Gasteiger charge is 2.49. The van der Waals surface area contributed by atoms with Gasteiger partial charge in [-0.25, -0.2) is 0 Å². The molecule has 0 aliphatic carbocycles. The Morgan fingerprint density at radius 2 is 1.76 bits per heavy atom. The minimum absolute atomic E-state index is 0.0700. The summed E-state index contributed by atoms with van der Waals surface area (Å²) >= 11 is 0. The highest BCUT2D eigenvalue weighted by molar-refractivity contribution is 5.28. The van der Waals surface area contributed by atoms with Crippen LogP contribution in [0.2, 0.25) is 0 Å². The first-order valence-electron chi connectivity index (χ1n) is 11.9. The van der Waals surface area contributed by atoms with E-state index in [4.69, 9.17) is 19.3 Å². The third-order valence-electron chi connectivity index (χ3n) is 5.86. The van der Waals surface area contributed by atoms with E-state index in [1.165, 1.54) is 0 Å². The van der Waals surface area contributed by atoms with Crippen molar-refractivity contribution in [1.82, 2.24) is 0 Å². The largest absolute Gasteiger partial charge is 0.462 e. The van der Waals surface area contributed by atoms with Gasteiger partial charge in [-0.2, -0.15) is 0 Å². The van der Waals surface area contributed by atoms with Gasteiger partial charge < -0.3 is 39.7 Å². The molecule has 8 nitrogen and oxygen atoms in total. The van der Waals surface area contributed by atoms with E-state index in [1.807, 2.05) is 12.1 Å². The van der Waals surface area contributed by atoms with E-state index in [0.29, 0.717) is 25.0 Å². The summed E-state index contributed by atoms with van der Waals surface area (Å²) < 4.78 is 18.1. The maximum absolute atomic E-state index is 10.9. The monoisotopic (exact) mass is 468 g/mol. The van der Waals surface area contributed by atoms with E-state index >= 15 is 0 Å². The number of unbranched alkanes of at least 4 members (excludes halogenated alkanes) is 1. The molecule has 0 amide bonds. The second-order valence-electron chi connectivity index (χ2n) is 8.52. The van der Waals surface area contributed by atoms with Crippen molar-refractivity contribution < 1.29 is 39.7 Å². The predicted octanol–water partition coefficient (Wildman–Crippen LogP) is 1.70. The van der Waals surface area contributed by atoms with Gasteiger partial charge in [-0.1, -0.05) is 38.0 Å². The zero-order chi connectivity index (χ0) is 24.2. The Kier molecular flexibility index (Phi) is 12.3. The van der Waals surface area contributed by atoms with E-state index < -0.39 is 36.8 Å². The molecule has 33 heavy (non-hydrogen) atoms. The molecule has 0 unspecified atom stereocenters. The van der Waals surface area contributed by atoms with Crippen molar-refractivity contribution in [2.75, 3.05) is 13.2 Å². The van der Waals surface area contributed by atoms with Gasteiger partial charge in [-0.3, -0.25) is 0 Å². The van der Waals surface area contributed by atoms with E-state index in [0.717, 1.165) is 24.8 Å². The third kappa shape index (κ3) is 8.33. The van der Waals surface area contributed by atoms with Crippen molar-refractivity contribution in [1.29, 1.82) is 0 Å². The second kappa shape index (κ2) is 14.7. The molecule has 1 aromatic rings. The van der Waals surface area contributed by atoms with Crippen LogP contribution in [0, 0.1) is 0 Å². The lowest BCUT2D eigenvalue weighted by Gasteiger charge is -2.44. The van der Waals surface area contributed by atoms with Gasteiger partial charge in [0.25, 0.3) is 0 Å². The molecule has 0 aromatic heterocycles. The molecule has 1 fully saturated rings. The molecule has 0 radical (unpaired) electrons. The molecule has 8 heteroatoms. The molecule has 188 valence electrons. The second-order valence-corrected chi connectivity index (χ2v) is 8.52. The van der Waals surface area contributed by atoms with E-state index in [2.05, 4.69) is 13.5 Å². The van der Waals surface area contributed by atoms with Gasteiger partial charge in [0.2, 0.25) is 6.29 Å². The number of hydrogen-bond acceptors (Lipinski definition) is 8. The van der Waals surface area contributed by atoms with Gasteiger partial charge in [0.1, 0.15) is 30.2 Å². The number of allylic oxidation sites excluding steroid dienone is 1. The number of ether oxygens (including phenoxy) is 3. The molecule has 1 aliphatic heterocycles. The first-order valence-corrected chi connectivity index (χ1v) is 11.9. The lowest BCUT2D eigenvalue weighted by Crippen LogP contribution is -2.63. The number of aliphatic hydroxyl groups excluding tert-OH is 5. The Bertz CT molecular complexity index is 667. The summed E-state index contributed by atoms with van der Waals surface area (Å²) in [5.74, 6) is 0.487. The van der Waals surface area contributed by atoms with Crippen molar-refractivity contribution in [2.24, 2.45) is 0 Å². The van der Waals surface area contributed by atoms with Crippen LogP contribution in [-0.4, -0.2) is 81.7 Å². The van der Waals surface area contributed by atoms with Crippen molar-refractivity contribution in [2.45, 2.75) is 94.8 Å². The van der Waals surface area contributed by atoms with Gasteiger partial charge >= 0.3 is 0 Å². The maximum Gasteiger partial charge on any atom is 0.229 e. The fraction of sp³-hybridized carbons (Fsp3) is 0.680. The first kappa shape index (κ1) is 27.7. The summed E-state index contributed by atoms with van der Waals surface area (Å²) in [6.45, 7) is 5.61. The highest BCUT2D eigenvalue weighted by Crippen LogP contribution is 2.30. The number of benzene rings is 1. The lowest BCUT2D eigenvalue weighted by molar-refractivity contribution is -0.305. The molecular formula is C25H40O8. The highest BCUT2D eigenvalue weighted by atomic mass is 16.7. The quantitative estimate of drug-likeness (QED) is 0.246. The summed E-state index contributed by atoms with van der Waals surface area (Å²) in [5, 5.41) is 50.6. The normalized spacial score (nSPS) is 27.2. The van der Waals surface area contributed by atoms with Crippen molar-refractivity contribution in [3.8, 4) is 5.75 Å². The zero-order valence-electron chi connectivity index (χ0n) is 19.5. The molecule has 1 aromatic carbocycles. The average Bonchev–Trinajstić information content (AvgIpc) is 2.81. The Morgan fingerprint density at radius 1 is 1.03 bits per heavy atom. The molecule has 0 spiro atoms. The van der Waals surface area contributed by atoms with Crippen LogP contribution in [-0.2, 0) is 15.9 Å². The topological polar surface area (TPSA) is 129 Å². The Balaban J connectivity index is 2.23. The van der Waals surface area contributed by atoms with Gasteiger partial charge in [0, 0.05) is 13.2 Å². The van der Waals surface area contributed by atoms with Gasteiger partial charge in [-0.05, 0) is 49.8 Å². The maximum atomic E-state index is 10.9. The van der Waals surface area contributed by atoms with E-state index in [1.54, 1.807) is 18.2 Å². The molecule has 1 aliphatic rings. The van der Waals surface area contributed by atoms with Gasteiger partial charge in [0.15, 0.2) is 0 Å². The van der Waals surface area contributed by atoms with Crippen molar-refractivity contribution >= 4 is 0 Å². The van der Waals surface area contributed by atoms with Crippen molar-refractivity contribution in [3.05, 3.63) is 42.5 Å². The zero-order valence-corrected chi connectivity index (χ0v) is 19.5. The molecular weight excluding hydrogens is 428 g/mol. The van der Waals surface area contributed by atoms with Crippen LogP contribution in [0.5, 0.6) is 5.75 Å². The molecule has 1 saturated heterocycles. The molecule has 0 bridgehead atoms. The van der Waals surface area contributed by atoms with Crippen LogP contribution in [0.3, 0.4) is 0 Å². The summed E-state index contributed by atoms with van der Waals surface area (Å²) in [4.78, 5) is 0. The van der Waals surface area contributed by atoms with Crippen LogP contribution in [0.15, 0.2) is 36.9 Å². The molecule has 0 saturated carbocycles. The third-order valence-corrected chi connectivity index (χ3v) is 5.86. The number of rotatable bonds is 15. The summed E-state index contributed by atoms with van der Waals surface area (Å²) in [7, 11) is 0. The lowest BCUT2D eigenvalue weighted by atomic mass is 9.93. The smallest absolute Gasteiger partial charge is 0.229 e. The van der Waals surface area contributed by atoms with Gasteiger partial charge in [0.05, 0.1) is 12.2 Å². The summed E-state index contributed by atoms with van der Waals surface area (Å²) in [6, 6.07) is 7.33. The Labute approximate surface area is 196 Å². The van der Waals surface area contributed by atoms with E-state index in [9.17, 15) is 20.4 Å². The molecule has 7 atom stereocenters. The summed E-state index contributed by atoms with van der Waals surface area (Å²) in [5.41, 5.74) is 1.06. The summed E-state index contributed by atoms with van der Waals surface area (Å²) in [6.07, 6.45) is -1.50. The molecule has 5 N–H and O–H groups in total. The van der Waals surface area contributed by atoms with Crippen molar-refractivity contribution in [3.63, 3.8) is 0 Å². The minimum Gasteiger partial charge on any atom is -0.462 e. The average molecular weight is 469 g/mol. The standard InChI is InChI=1S/C25H40O8/c1-3-5-8-18(14-16-27)31-24-22(30)21(29)23(20(28)9-6-15-26)33-25(24)32-19-12-10-17(7-4-2)11-13-19/h4,10-13,18,20-30H,2-3,5-9,14-16H2,1H3/t18-,20-,21+,22+,23-,24-,25+/m1/s1. The van der Waals surface area contributed by atoms with Crippen LogP contribution in [0.4, 0.5) is 0 Å². The van der Waals surface area contributed by atoms with Crippen LogP contribution < -0.4 is 4.74 Å². The van der Waals surface area contributed by atoms with Gasteiger partial charge in [-0.15, -0.1) is 6.58 Å². The van der Waals surface area contributed by atoms with Crippen LogP contribution >= 0.6 is 0 Å². The SMILES string of the molecule is C=CCc1ccc(O[C@H]2O[C@H]([C@H](O)CCCO)[C@@H](O)[C@H](O)[C@H]2O[C@@H](CCO)CCCC)cc1.